The average Bonchev–Trinajstić information content (AvgIpc) is 2.90. The van der Waals surface area contributed by atoms with Crippen molar-refractivity contribution in [2.75, 3.05) is 5.32 Å². The fourth-order valence-corrected chi connectivity index (χ4v) is 2.41. The van der Waals surface area contributed by atoms with E-state index in [1.54, 1.807) is 24.1 Å². The molecule has 0 bridgehead atoms. The molecule has 1 aliphatic rings. The Bertz CT molecular complexity index is 555. The van der Waals surface area contributed by atoms with E-state index in [0.29, 0.717) is 16.6 Å². The molecule has 2 aromatic rings. The topological polar surface area (TPSA) is 59.8 Å². The fraction of sp³-hybridized carbons (Fsp3) is 0.364. The van der Waals surface area contributed by atoms with Crippen LogP contribution in [0.15, 0.2) is 17.8 Å². The average molecular weight is 248 g/mol. The molecular formula is C11H12N4OS. The Morgan fingerprint density at radius 3 is 3.06 bits per heavy atom. The number of thiazole rings is 1. The third kappa shape index (κ3) is 2.21. The standard InChI is InChI=1S/C11H12N4OS/c1-15-5-8(4-12-15)10(16)14-11-13-9(6-17-11)7-2-3-7/h4-7H,2-3H2,1H3,(H,13,14,16). The molecule has 0 unspecified atom stereocenters. The Balaban J connectivity index is 1.71. The molecule has 1 N–H and O–H groups in total. The second-order valence-corrected chi connectivity index (χ2v) is 5.07. The zero-order chi connectivity index (χ0) is 11.8. The summed E-state index contributed by atoms with van der Waals surface area (Å²) >= 11 is 1.48. The molecule has 0 spiro atoms. The molecule has 2 aromatic heterocycles. The monoisotopic (exact) mass is 248 g/mol. The van der Waals surface area contributed by atoms with Gasteiger partial charge in [-0.3, -0.25) is 14.8 Å². The summed E-state index contributed by atoms with van der Waals surface area (Å²) in [6.07, 6.45) is 5.68. The zero-order valence-electron chi connectivity index (χ0n) is 9.38. The van der Waals surface area contributed by atoms with Crippen LogP contribution in [0.25, 0.3) is 0 Å². The van der Waals surface area contributed by atoms with Crippen molar-refractivity contribution in [3.63, 3.8) is 0 Å². The van der Waals surface area contributed by atoms with Crippen LogP contribution in [0.5, 0.6) is 0 Å². The van der Waals surface area contributed by atoms with E-state index in [-0.39, 0.29) is 5.91 Å². The molecule has 3 rings (SSSR count). The second-order valence-electron chi connectivity index (χ2n) is 4.21. The number of amides is 1. The predicted molar refractivity (Wildman–Crippen MR) is 65.3 cm³/mol. The number of rotatable bonds is 3. The van der Waals surface area contributed by atoms with Crippen LogP contribution < -0.4 is 5.32 Å². The fourth-order valence-electron chi connectivity index (χ4n) is 1.62. The van der Waals surface area contributed by atoms with Crippen molar-refractivity contribution < 1.29 is 4.79 Å². The largest absolute Gasteiger partial charge is 0.298 e. The number of hydrogen-bond donors (Lipinski definition) is 1. The summed E-state index contributed by atoms with van der Waals surface area (Å²) in [6.45, 7) is 0. The predicted octanol–water partition coefficient (Wildman–Crippen LogP) is 2.01. The van der Waals surface area contributed by atoms with Crippen molar-refractivity contribution in [3.8, 4) is 0 Å². The molecule has 2 heterocycles. The quantitative estimate of drug-likeness (QED) is 0.903. The van der Waals surface area contributed by atoms with E-state index >= 15 is 0 Å². The maximum Gasteiger partial charge on any atom is 0.260 e. The summed E-state index contributed by atoms with van der Waals surface area (Å²) in [7, 11) is 1.78. The van der Waals surface area contributed by atoms with E-state index in [4.69, 9.17) is 0 Å². The Hall–Kier alpha value is -1.69. The lowest BCUT2D eigenvalue weighted by atomic mass is 10.3. The third-order valence-electron chi connectivity index (χ3n) is 2.71. The molecule has 1 aliphatic carbocycles. The number of carbonyl (C=O) groups is 1. The minimum absolute atomic E-state index is 0.158. The minimum atomic E-state index is -0.158. The lowest BCUT2D eigenvalue weighted by Crippen LogP contribution is -2.10. The van der Waals surface area contributed by atoms with Gasteiger partial charge >= 0.3 is 0 Å². The minimum Gasteiger partial charge on any atom is -0.298 e. The highest BCUT2D eigenvalue weighted by molar-refractivity contribution is 7.14. The Morgan fingerprint density at radius 1 is 1.59 bits per heavy atom. The number of aromatic nitrogens is 3. The molecular weight excluding hydrogens is 236 g/mol. The maximum absolute atomic E-state index is 11.8. The van der Waals surface area contributed by atoms with Gasteiger partial charge in [-0.2, -0.15) is 5.10 Å². The first-order valence-electron chi connectivity index (χ1n) is 5.48. The molecule has 17 heavy (non-hydrogen) atoms. The number of carbonyl (C=O) groups excluding carboxylic acids is 1. The lowest BCUT2D eigenvalue weighted by molar-refractivity contribution is 0.102. The van der Waals surface area contributed by atoms with Crippen LogP contribution in [0, 0.1) is 0 Å². The number of nitrogens with one attached hydrogen (secondary N) is 1. The van der Waals surface area contributed by atoms with Crippen molar-refractivity contribution in [2.45, 2.75) is 18.8 Å². The van der Waals surface area contributed by atoms with Crippen LogP contribution in [0.4, 0.5) is 5.13 Å². The summed E-state index contributed by atoms with van der Waals surface area (Å²) < 4.78 is 1.60. The highest BCUT2D eigenvalue weighted by Crippen LogP contribution is 2.40. The van der Waals surface area contributed by atoms with Crippen molar-refractivity contribution in [3.05, 3.63) is 29.0 Å². The summed E-state index contributed by atoms with van der Waals surface area (Å²) in [5.41, 5.74) is 1.66. The SMILES string of the molecule is Cn1cc(C(=O)Nc2nc(C3CC3)cs2)cn1. The summed E-state index contributed by atoms with van der Waals surface area (Å²) in [4.78, 5) is 16.2. The van der Waals surface area contributed by atoms with Crippen LogP contribution in [0.1, 0.15) is 34.8 Å². The first-order chi connectivity index (χ1) is 8.22. The van der Waals surface area contributed by atoms with E-state index in [9.17, 15) is 4.79 Å². The molecule has 1 amide bonds. The van der Waals surface area contributed by atoms with E-state index in [1.165, 1.54) is 24.2 Å². The smallest absolute Gasteiger partial charge is 0.260 e. The molecule has 1 saturated carbocycles. The highest BCUT2D eigenvalue weighted by atomic mass is 32.1. The maximum atomic E-state index is 11.8. The van der Waals surface area contributed by atoms with Crippen molar-refractivity contribution in [1.29, 1.82) is 0 Å². The van der Waals surface area contributed by atoms with Gasteiger partial charge in [0.15, 0.2) is 5.13 Å². The van der Waals surface area contributed by atoms with Gasteiger partial charge in [-0.1, -0.05) is 0 Å². The molecule has 1 fully saturated rings. The molecule has 0 aromatic carbocycles. The third-order valence-corrected chi connectivity index (χ3v) is 3.48. The van der Waals surface area contributed by atoms with Crippen molar-refractivity contribution in [2.24, 2.45) is 7.05 Å². The van der Waals surface area contributed by atoms with Gasteiger partial charge in [-0.25, -0.2) is 4.98 Å². The number of nitrogens with zero attached hydrogens (tertiary/aromatic N) is 3. The lowest BCUT2D eigenvalue weighted by Gasteiger charge is -1.97. The molecule has 5 nitrogen and oxygen atoms in total. The van der Waals surface area contributed by atoms with Gasteiger partial charge in [0.05, 0.1) is 17.5 Å². The Kier molecular flexibility index (Phi) is 2.44. The summed E-state index contributed by atoms with van der Waals surface area (Å²) in [5, 5.41) is 9.44. The molecule has 0 radical (unpaired) electrons. The van der Waals surface area contributed by atoms with E-state index in [1.807, 2.05) is 5.38 Å². The van der Waals surface area contributed by atoms with E-state index < -0.39 is 0 Å². The van der Waals surface area contributed by atoms with E-state index in [0.717, 1.165) is 5.69 Å². The van der Waals surface area contributed by atoms with Crippen LogP contribution in [0.2, 0.25) is 0 Å². The van der Waals surface area contributed by atoms with Gasteiger partial charge in [0.2, 0.25) is 0 Å². The summed E-state index contributed by atoms with van der Waals surface area (Å²) in [6, 6.07) is 0. The van der Waals surface area contributed by atoms with Crippen molar-refractivity contribution >= 4 is 22.4 Å². The van der Waals surface area contributed by atoms with Gasteiger partial charge in [0.25, 0.3) is 5.91 Å². The number of hydrogen-bond acceptors (Lipinski definition) is 4. The van der Waals surface area contributed by atoms with Crippen LogP contribution in [-0.4, -0.2) is 20.7 Å². The first kappa shape index (κ1) is 10.5. The highest BCUT2D eigenvalue weighted by Gasteiger charge is 2.26. The molecule has 0 aliphatic heterocycles. The van der Waals surface area contributed by atoms with Crippen LogP contribution in [-0.2, 0) is 7.05 Å². The Labute approximate surface area is 102 Å². The zero-order valence-corrected chi connectivity index (χ0v) is 10.2. The second kappa shape index (κ2) is 3.96. The molecule has 0 saturated heterocycles. The van der Waals surface area contributed by atoms with Gasteiger partial charge in [-0.15, -0.1) is 11.3 Å². The van der Waals surface area contributed by atoms with Crippen LogP contribution >= 0.6 is 11.3 Å². The summed E-state index contributed by atoms with van der Waals surface area (Å²) in [5.74, 6) is 0.463. The van der Waals surface area contributed by atoms with Crippen molar-refractivity contribution in [1.82, 2.24) is 14.8 Å². The number of anilines is 1. The Morgan fingerprint density at radius 2 is 2.41 bits per heavy atom. The van der Waals surface area contributed by atoms with Gasteiger partial charge in [0, 0.05) is 24.5 Å². The van der Waals surface area contributed by atoms with Gasteiger partial charge in [0.1, 0.15) is 0 Å². The normalized spacial score (nSPS) is 14.9. The molecule has 6 heteroatoms. The van der Waals surface area contributed by atoms with Crippen LogP contribution in [0.3, 0.4) is 0 Å². The van der Waals surface area contributed by atoms with Gasteiger partial charge in [-0.05, 0) is 12.8 Å². The molecule has 88 valence electrons. The number of aryl methyl sites for hydroxylation is 1. The van der Waals surface area contributed by atoms with E-state index in [2.05, 4.69) is 15.4 Å². The first-order valence-corrected chi connectivity index (χ1v) is 6.36. The molecule has 0 atom stereocenters. The van der Waals surface area contributed by atoms with Gasteiger partial charge < -0.3 is 0 Å².